The Balaban J connectivity index is 1.40. The van der Waals surface area contributed by atoms with E-state index < -0.39 is 0 Å². The van der Waals surface area contributed by atoms with Crippen LogP contribution in [0.1, 0.15) is 71.1 Å². The molecule has 0 bridgehead atoms. The van der Waals surface area contributed by atoms with E-state index in [1.54, 1.807) is 11.6 Å². The molecule has 0 amide bonds. The van der Waals surface area contributed by atoms with Crippen molar-refractivity contribution in [3.8, 4) is 0 Å². The molecule has 0 aromatic heterocycles. The lowest BCUT2D eigenvalue weighted by molar-refractivity contribution is -0.167. The monoisotopic (exact) mass is 395 g/mol. The van der Waals surface area contributed by atoms with Crippen molar-refractivity contribution in [3.63, 3.8) is 0 Å². The summed E-state index contributed by atoms with van der Waals surface area (Å²) in [6.45, 7) is 2.34. The van der Waals surface area contributed by atoms with Crippen molar-refractivity contribution in [1.29, 1.82) is 0 Å². The number of oxime groups is 1. The second-order valence-corrected chi connectivity index (χ2v) is 10.7. The number of carbonyl (C=O) groups is 1. The summed E-state index contributed by atoms with van der Waals surface area (Å²) < 4.78 is 6.09. The van der Waals surface area contributed by atoms with Crippen LogP contribution in [0.5, 0.6) is 0 Å². The predicted octanol–water partition coefficient (Wildman–Crippen LogP) is 5.27. The zero-order valence-corrected chi connectivity index (χ0v) is 17.5. The molecule has 5 aliphatic carbocycles. The molecular weight excluding hydrogens is 362 g/mol. The summed E-state index contributed by atoms with van der Waals surface area (Å²) in [4.78, 5) is 12.1. The Labute approximate surface area is 173 Å². The smallest absolute Gasteiger partial charge is 0.331 e. The third kappa shape index (κ3) is 2.38. The maximum atomic E-state index is 12.1. The van der Waals surface area contributed by atoms with E-state index in [4.69, 9.17) is 4.74 Å². The highest BCUT2D eigenvalue weighted by Gasteiger charge is 2.67. The third-order valence-electron chi connectivity index (χ3n) is 10.0. The molecule has 4 fully saturated rings. The van der Waals surface area contributed by atoms with Gasteiger partial charge in [0.15, 0.2) is 0 Å². The summed E-state index contributed by atoms with van der Waals surface area (Å²) >= 11 is 0. The van der Waals surface area contributed by atoms with Gasteiger partial charge in [0.25, 0.3) is 0 Å². The molecule has 1 aliphatic heterocycles. The van der Waals surface area contributed by atoms with Crippen LogP contribution in [0.15, 0.2) is 29.0 Å². The molecule has 29 heavy (non-hydrogen) atoms. The summed E-state index contributed by atoms with van der Waals surface area (Å²) in [6, 6.07) is 0. The van der Waals surface area contributed by atoms with E-state index in [1.807, 2.05) is 0 Å². The molecule has 0 aromatic carbocycles. The molecule has 156 valence electrons. The van der Waals surface area contributed by atoms with Gasteiger partial charge in [-0.15, -0.1) is 0 Å². The van der Waals surface area contributed by atoms with Gasteiger partial charge in [-0.1, -0.05) is 17.7 Å². The molecule has 4 nitrogen and oxygen atoms in total. The lowest BCUT2D eigenvalue weighted by Gasteiger charge is -2.59. The fourth-order valence-corrected chi connectivity index (χ4v) is 8.83. The van der Waals surface area contributed by atoms with Crippen LogP contribution in [0.4, 0.5) is 0 Å². The van der Waals surface area contributed by atoms with Crippen LogP contribution in [-0.2, 0) is 9.53 Å². The van der Waals surface area contributed by atoms with Crippen LogP contribution in [0.25, 0.3) is 0 Å². The van der Waals surface area contributed by atoms with E-state index in [1.165, 1.54) is 38.5 Å². The Morgan fingerprint density at radius 1 is 1.17 bits per heavy atom. The van der Waals surface area contributed by atoms with Gasteiger partial charge in [0.1, 0.15) is 5.60 Å². The van der Waals surface area contributed by atoms with Crippen LogP contribution in [0.2, 0.25) is 0 Å². The zero-order chi connectivity index (χ0) is 19.8. The van der Waals surface area contributed by atoms with Crippen molar-refractivity contribution in [3.05, 3.63) is 23.8 Å². The Kier molecular flexibility index (Phi) is 3.90. The van der Waals surface area contributed by atoms with E-state index in [-0.39, 0.29) is 17.0 Å². The Hall–Kier alpha value is -1.58. The normalized spacial score (nSPS) is 49.6. The molecule has 1 N–H and O–H groups in total. The number of carbonyl (C=O) groups excluding carboxylic acids is 1. The van der Waals surface area contributed by atoms with Gasteiger partial charge in [0.05, 0.1) is 5.71 Å². The third-order valence-corrected chi connectivity index (χ3v) is 10.0. The molecule has 6 rings (SSSR count). The first-order valence-corrected chi connectivity index (χ1v) is 11.9. The summed E-state index contributed by atoms with van der Waals surface area (Å²) in [5.74, 6) is 4.42. The SMILES string of the molecule is CC[C@]12CCC3C(C1CC[C@@]21C=CC(=O)O1)[C@@H](C1CC1)CC1=C/C(=N/O)CC[C@@H]13. The molecule has 3 unspecified atom stereocenters. The van der Waals surface area contributed by atoms with Crippen molar-refractivity contribution in [2.75, 3.05) is 0 Å². The highest BCUT2D eigenvalue weighted by molar-refractivity contribution is 5.96. The fourth-order valence-electron chi connectivity index (χ4n) is 8.83. The molecule has 4 saturated carbocycles. The number of rotatable bonds is 2. The van der Waals surface area contributed by atoms with Crippen molar-refractivity contribution in [2.24, 2.45) is 46.1 Å². The van der Waals surface area contributed by atoms with Crippen LogP contribution in [0.3, 0.4) is 0 Å². The maximum Gasteiger partial charge on any atom is 0.331 e. The number of fused-ring (bicyclic) bond motifs is 6. The maximum absolute atomic E-state index is 12.1. The van der Waals surface area contributed by atoms with Crippen molar-refractivity contribution in [1.82, 2.24) is 0 Å². The largest absolute Gasteiger partial charge is 0.451 e. The van der Waals surface area contributed by atoms with E-state index in [9.17, 15) is 10.0 Å². The molecule has 6 aliphatic rings. The van der Waals surface area contributed by atoms with E-state index in [0.717, 1.165) is 55.1 Å². The topological polar surface area (TPSA) is 58.9 Å². The molecule has 0 aromatic rings. The quantitative estimate of drug-likeness (QED) is 0.394. The Bertz CT molecular complexity index is 824. The van der Waals surface area contributed by atoms with Gasteiger partial charge in [0, 0.05) is 11.5 Å². The first kappa shape index (κ1) is 18.2. The van der Waals surface area contributed by atoms with Gasteiger partial charge in [-0.3, -0.25) is 0 Å². The average Bonchev–Trinajstić information content (AvgIpc) is 3.45. The lowest BCUT2D eigenvalue weighted by atomic mass is 9.46. The summed E-state index contributed by atoms with van der Waals surface area (Å²) in [5.41, 5.74) is 2.26. The number of esters is 1. The van der Waals surface area contributed by atoms with Crippen LogP contribution in [-0.4, -0.2) is 22.5 Å². The number of ether oxygens (including phenoxy) is 1. The van der Waals surface area contributed by atoms with Gasteiger partial charge >= 0.3 is 5.97 Å². The average molecular weight is 396 g/mol. The van der Waals surface area contributed by atoms with Gasteiger partial charge < -0.3 is 9.94 Å². The molecule has 7 atom stereocenters. The second-order valence-electron chi connectivity index (χ2n) is 10.7. The van der Waals surface area contributed by atoms with Crippen LogP contribution in [0, 0.1) is 40.9 Å². The summed E-state index contributed by atoms with van der Waals surface area (Å²) in [5, 5.41) is 12.9. The molecule has 0 radical (unpaired) electrons. The zero-order valence-electron chi connectivity index (χ0n) is 17.5. The molecule has 0 saturated heterocycles. The van der Waals surface area contributed by atoms with Crippen molar-refractivity contribution in [2.45, 2.75) is 76.7 Å². The Morgan fingerprint density at radius 2 is 2.03 bits per heavy atom. The first-order valence-electron chi connectivity index (χ1n) is 11.9. The summed E-state index contributed by atoms with van der Waals surface area (Å²) in [6.07, 6.45) is 17.9. The molecule has 1 spiro atoms. The molecule has 4 heteroatoms. The van der Waals surface area contributed by atoms with Gasteiger partial charge in [-0.25, -0.2) is 4.79 Å². The highest BCUT2D eigenvalue weighted by Crippen LogP contribution is 2.70. The van der Waals surface area contributed by atoms with Crippen molar-refractivity contribution < 1.29 is 14.7 Å². The first-order chi connectivity index (χ1) is 14.1. The second kappa shape index (κ2) is 6.21. The van der Waals surface area contributed by atoms with E-state index >= 15 is 0 Å². The lowest BCUT2D eigenvalue weighted by Crippen LogP contribution is -2.55. The van der Waals surface area contributed by atoms with Crippen LogP contribution < -0.4 is 0 Å². The highest BCUT2D eigenvalue weighted by atomic mass is 16.6. The number of hydrogen-bond donors (Lipinski definition) is 1. The Morgan fingerprint density at radius 3 is 2.72 bits per heavy atom. The van der Waals surface area contributed by atoms with E-state index in [0.29, 0.717) is 11.8 Å². The molecule has 1 heterocycles. The van der Waals surface area contributed by atoms with Crippen LogP contribution >= 0.6 is 0 Å². The predicted molar refractivity (Wildman–Crippen MR) is 110 cm³/mol. The molecular formula is C25H33NO3. The number of allylic oxidation sites excluding steroid dienone is 2. The van der Waals surface area contributed by atoms with Gasteiger partial charge in [-0.2, -0.15) is 0 Å². The standard InChI is InChI=1S/C25H33NO3/c1-2-24-10-7-19-18-6-5-17(26-28)13-16(18)14-20(15-3-4-15)23(19)21(24)8-11-25(24)12-9-22(27)29-25/h9,12-13,15,18-21,23,28H,2-8,10-11,14H2,1H3/b26-17+/t18-,19?,20+,21?,23?,24-,25+/m0/s1. The summed E-state index contributed by atoms with van der Waals surface area (Å²) in [7, 11) is 0. The fraction of sp³-hybridized carbons (Fsp3) is 0.760. The van der Waals surface area contributed by atoms with Crippen molar-refractivity contribution >= 4 is 11.7 Å². The van der Waals surface area contributed by atoms with E-state index in [2.05, 4.69) is 24.2 Å². The van der Waals surface area contributed by atoms with Gasteiger partial charge in [-0.05, 0) is 112 Å². The minimum Gasteiger partial charge on any atom is -0.451 e. The minimum atomic E-state index is -0.331. The number of nitrogens with zero attached hydrogens (tertiary/aromatic N) is 1. The van der Waals surface area contributed by atoms with Gasteiger partial charge in [0.2, 0.25) is 0 Å². The number of hydrogen-bond acceptors (Lipinski definition) is 4. The minimum absolute atomic E-state index is 0.128.